The van der Waals surface area contributed by atoms with Crippen LogP contribution < -0.4 is 0 Å². The molecule has 0 amide bonds. The van der Waals surface area contributed by atoms with E-state index in [2.05, 4.69) is 22.6 Å². The molecule has 1 N–H and O–H groups in total. The van der Waals surface area contributed by atoms with Crippen molar-refractivity contribution in [2.75, 3.05) is 0 Å². The van der Waals surface area contributed by atoms with Crippen molar-refractivity contribution >= 4 is 45.5 Å². The number of hydrogen-bond acceptors (Lipinski definition) is 2. The largest absolute Gasteiger partial charge is 0.383 e. The average Bonchev–Trinajstić information content (AvgIpc) is 2.65. The van der Waals surface area contributed by atoms with Gasteiger partial charge >= 0.3 is 0 Å². The van der Waals surface area contributed by atoms with E-state index >= 15 is 0 Å². The molecular formula is C11H8ClIOS. The molecular weight excluding hydrogens is 343 g/mol. The van der Waals surface area contributed by atoms with Crippen LogP contribution in [0.3, 0.4) is 0 Å². The van der Waals surface area contributed by atoms with Crippen LogP contribution in [0, 0.1) is 3.57 Å². The fraction of sp³-hybridized carbons (Fsp3) is 0.0909. The van der Waals surface area contributed by atoms with Crippen LogP contribution in [0.2, 0.25) is 4.34 Å². The second kappa shape index (κ2) is 4.82. The van der Waals surface area contributed by atoms with Crippen LogP contribution in [0.4, 0.5) is 0 Å². The first kappa shape index (κ1) is 11.4. The van der Waals surface area contributed by atoms with Gasteiger partial charge in [-0.05, 0) is 46.4 Å². The smallest absolute Gasteiger partial charge is 0.114 e. The monoisotopic (exact) mass is 350 g/mol. The molecule has 4 heteroatoms. The maximum absolute atomic E-state index is 10.1. The Kier molecular flexibility index (Phi) is 3.66. The summed E-state index contributed by atoms with van der Waals surface area (Å²) in [6.45, 7) is 0. The summed E-state index contributed by atoms with van der Waals surface area (Å²) in [4.78, 5) is 0.879. The molecule has 0 aliphatic carbocycles. The summed E-state index contributed by atoms with van der Waals surface area (Å²) in [5.74, 6) is 0. The third kappa shape index (κ3) is 2.53. The first-order valence-electron chi connectivity index (χ1n) is 4.36. The van der Waals surface area contributed by atoms with Gasteiger partial charge in [-0.3, -0.25) is 0 Å². The van der Waals surface area contributed by atoms with Gasteiger partial charge in [0.1, 0.15) is 6.10 Å². The van der Waals surface area contributed by atoms with Gasteiger partial charge in [0.05, 0.1) is 4.34 Å². The molecule has 78 valence electrons. The number of hydrogen-bond donors (Lipinski definition) is 1. The van der Waals surface area contributed by atoms with Gasteiger partial charge in [0.15, 0.2) is 0 Å². The van der Waals surface area contributed by atoms with Crippen molar-refractivity contribution in [1.29, 1.82) is 0 Å². The molecule has 1 aromatic heterocycles. The zero-order valence-corrected chi connectivity index (χ0v) is 11.4. The Labute approximate surface area is 111 Å². The fourth-order valence-electron chi connectivity index (χ4n) is 1.33. The number of aliphatic hydroxyl groups excluding tert-OH is 1. The van der Waals surface area contributed by atoms with Crippen LogP contribution in [0.5, 0.6) is 0 Å². The lowest BCUT2D eigenvalue weighted by Crippen LogP contribution is -1.99. The predicted octanol–water partition coefficient (Wildman–Crippen LogP) is 4.09. The zero-order chi connectivity index (χ0) is 10.8. The van der Waals surface area contributed by atoms with Crippen molar-refractivity contribution in [2.24, 2.45) is 0 Å². The topological polar surface area (TPSA) is 20.2 Å². The highest BCUT2D eigenvalue weighted by Gasteiger charge is 2.14. The SMILES string of the molecule is OC(c1ccc(Cl)s1)c1ccccc1I. The average molecular weight is 351 g/mol. The Bertz CT molecular complexity index is 469. The fourth-order valence-corrected chi connectivity index (χ4v) is 3.07. The normalized spacial score (nSPS) is 12.7. The van der Waals surface area contributed by atoms with E-state index in [0.717, 1.165) is 14.0 Å². The molecule has 0 saturated carbocycles. The van der Waals surface area contributed by atoms with Gasteiger partial charge in [-0.2, -0.15) is 0 Å². The number of rotatable bonds is 2. The third-order valence-electron chi connectivity index (χ3n) is 2.06. The molecule has 1 atom stereocenters. The minimum Gasteiger partial charge on any atom is -0.383 e. The molecule has 0 aliphatic rings. The molecule has 0 bridgehead atoms. The Morgan fingerprint density at radius 3 is 2.53 bits per heavy atom. The Morgan fingerprint density at radius 1 is 1.20 bits per heavy atom. The van der Waals surface area contributed by atoms with E-state index in [1.54, 1.807) is 6.07 Å². The van der Waals surface area contributed by atoms with Crippen molar-refractivity contribution < 1.29 is 5.11 Å². The molecule has 2 aromatic rings. The minimum atomic E-state index is -0.574. The van der Waals surface area contributed by atoms with E-state index < -0.39 is 6.10 Å². The first-order valence-corrected chi connectivity index (χ1v) is 6.63. The van der Waals surface area contributed by atoms with Crippen molar-refractivity contribution in [3.05, 3.63) is 54.7 Å². The molecule has 0 saturated heterocycles. The van der Waals surface area contributed by atoms with Crippen LogP contribution in [0.1, 0.15) is 16.5 Å². The van der Waals surface area contributed by atoms with E-state index in [9.17, 15) is 5.11 Å². The molecule has 0 spiro atoms. The second-order valence-electron chi connectivity index (χ2n) is 3.07. The van der Waals surface area contributed by atoms with Gasteiger partial charge in [0.25, 0.3) is 0 Å². The molecule has 1 unspecified atom stereocenters. The molecule has 2 rings (SSSR count). The van der Waals surface area contributed by atoms with Crippen molar-refractivity contribution in [1.82, 2.24) is 0 Å². The van der Waals surface area contributed by atoms with E-state index in [0.29, 0.717) is 4.34 Å². The van der Waals surface area contributed by atoms with E-state index in [1.807, 2.05) is 30.3 Å². The number of benzene rings is 1. The molecule has 1 aromatic carbocycles. The summed E-state index contributed by atoms with van der Waals surface area (Å²) < 4.78 is 1.77. The summed E-state index contributed by atoms with van der Waals surface area (Å²) in [6, 6.07) is 11.5. The van der Waals surface area contributed by atoms with Gasteiger partial charge in [-0.25, -0.2) is 0 Å². The Hall–Kier alpha value is -0.100. The number of halogens is 2. The Morgan fingerprint density at radius 2 is 1.93 bits per heavy atom. The van der Waals surface area contributed by atoms with Crippen molar-refractivity contribution in [2.45, 2.75) is 6.10 Å². The maximum atomic E-state index is 10.1. The number of aliphatic hydroxyl groups is 1. The molecule has 15 heavy (non-hydrogen) atoms. The lowest BCUT2D eigenvalue weighted by molar-refractivity contribution is 0.223. The minimum absolute atomic E-state index is 0.574. The van der Waals surface area contributed by atoms with Crippen molar-refractivity contribution in [3.63, 3.8) is 0 Å². The third-order valence-corrected chi connectivity index (χ3v) is 4.33. The summed E-state index contributed by atoms with van der Waals surface area (Å²) in [5.41, 5.74) is 0.927. The van der Waals surface area contributed by atoms with Gasteiger partial charge in [0, 0.05) is 8.45 Å². The maximum Gasteiger partial charge on any atom is 0.114 e. The summed E-state index contributed by atoms with van der Waals surface area (Å²) in [6.07, 6.45) is -0.574. The zero-order valence-electron chi connectivity index (χ0n) is 7.65. The van der Waals surface area contributed by atoms with Crippen LogP contribution >= 0.6 is 45.5 Å². The standard InChI is InChI=1S/C11H8ClIOS/c12-10-6-5-9(15-10)11(14)7-3-1-2-4-8(7)13/h1-6,11,14H. The molecule has 0 fully saturated rings. The highest BCUT2D eigenvalue weighted by molar-refractivity contribution is 14.1. The van der Waals surface area contributed by atoms with Gasteiger partial charge in [0.2, 0.25) is 0 Å². The summed E-state index contributed by atoms with van der Waals surface area (Å²) in [7, 11) is 0. The Balaban J connectivity index is 2.36. The van der Waals surface area contributed by atoms with Gasteiger partial charge < -0.3 is 5.11 Å². The summed E-state index contributed by atoms with van der Waals surface area (Å²) >= 11 is 9.47. The summed E-state index contributed by atoms with van der Waals surface area (Å²) in [5, 5.41) is 10.1. The van der Waals surface area contributed by atoms with E-state index in [-0.39, 0.29) is 0 Å². The number of thiophene rings is 1. The molecule has 0 radical (unpaired) electrons. The lowest BCUT2D eigenvalue weighted by Gasteiger charge is -2.10. The van der Waals surface area contributed by atoms with E-state index in [1.165, 1.54) is 11.3 Å². The highest BCUT2D eigenvalue weighted by Crippen LogP contribution is 2.32. The van der Waals surface area contributed by atoms with Crippen LogP contribution in [-0.2, 0) is 0 Å². The molecule has 0 aliphatic heterocycles. The van der Waals surface area contributed by atoms with Crippen LogP contribution in [0.15, 0.2) is 36.4 Å². The first-order chi connectivity index (χ1) is 7.18. The van der Waals surface area contributed by atoms with E-state index in [4.69, 9.17) is 11.6 Å². The van der Waals surface area contributed by atoms with Crippen molar-refractivity contribution in [3.8, 4) is 0 Å². The second-order valence-corrected chi connectivity index (χ2v) is 5.97. The van der Waals surface area contributed by atoms with Gasteiger partial charge in [-0.1, -0.05) is 29.8 Å². The quantitative estimate of drug-likeness (QED) is 0.809. The van der Waals surface area contributed by atoms with Crippen LogP contribution in [-0.4, -0.2) is 5.11 Å². The predicted molar refractivity (Wildman–Crippen MR) is 72.5 cm³/mol. The van der Waals surface area contributed by atoms with Crippen LogP contribution in [0.25, 0.3) is 0 Å². The lowest BCUT2D eigenvalue weighted by atomic mass is 10.1. The molecule has 1 nitrogen and oxygen atoms in total. The molecule has 1 heterocycles. The van der Waals surface area contributed by atoms with Gasteiger partial charge in [-0.15, -0.1) is 11.3 Å². The highest BCUT2D eigenvalue weighted by atomic mass is 127.